The number of nitrogens with zero attached hydrogens (tertiary/aromatic N) is 3. The van der Waals surface area contributed by atoms with E-state index in [0.29, 0.717) is 11.5 Å². The van der Waals surface area contributed by atoms with E-state index in [4.69, 9.17) is 9.74 Å². The number of carbonyl (C=O) groups is 1. The Kier molecular flexibility index (Phi) is 4.19. The average Bonchev–Trinajstić information content (AvgIpc) is 3.12. The number of piperidine rings is 1. The highest BCUT2D eigenvalue weighted by atomic mass is 16.6. The Morgan fingerprint density at radius 2 is 1.88 bits per heavy atom. The first-order chi connectivity index (χ1) is 12.2. The summed E-state index contributed by atoms with van der Waals surface area (Å²) in [7, 11) is 0. The topological polar surface area (TPSA) is 79.5 Å². The van der Waals surface area contributed by atoms with Crippen molar-refractivity contribution in [3.8, 4) is 0 Å². The molecule has 0 bridgehead atoms. The predicted molar refractivity (Wildman–Crippen MR) is 92.5 cm³/mol. The molecule has 2 heterocycles. The Morgan fingerprint density at radius 3 is 2.60 bits per heavy atom. The Labute approximate surface area is 145 Å². The Hall–Kier alpha value is -2.73. The van der Waals surface area contributed by atoms with Crippen LogP contribution in [0.4, 0.5) is 0 Å². The van der Waals surface area contributed by atoms with Gasteiger partial charge in [0.25, 0.3) is 0 Å². The standard InChI is InChI=1S/C19H19N3O3/c23-19(24)15-6-4-13(5-7-15)14-8-10-22(11-9-14)12-16-2-1-3-17-18(16)21-25-20-17/h1-7,14H,8-12H2,(H,23,24). The molecular formula is C19H19N3O3. The normalized spacial score (nSPS) is 16.3. The molecule has 1 saturated heterocycles. The number of hydrogen-bond acceptors (Lipinski definition) is 5. The second-order valence-electron chi connectivity index (χ2n) is 6.53. The van der Waals surface area contributed by atoms with Gasteiger partial charge < -0.3 is 5.11 Å². The molecule has 0 atom stereocenters. The predicted octanol–water partition coefficient (Wildman–Crippen LogP) is 3.30. The summed E-state index contributed by atoms with van der Waals surface area (Å²) in [6.45, 7) is 2.86. The maximum atomic E-state index is 11.0. The van der Waals surface area contributed by atoms with Gasteiger partial charge >= 0.3 is 5.97 Å². The van der Waals surface area contributed by atoms with Gasteiger partial charge in [-0.1, -0.05) is 24.3 Å². The number of aromatic carboxylic acids is 1. The molecule has 2 aromatic carbocycles. The van der Waals surface area contributed by atoms with Crippen LogP contribution in [0.2, 0.25) is 0 Å². The van der Waals surface area contributed by atoms with Crippen molar-refractivity contribution in [2.75, 3.05) is 13.1 Å². The fraction of sp³-hybridized carbons (Fsp3) is 0.316. The lowest BCUT2D eigenvalue weighted by Crippen LogP contribution is -2.32. The molecule has 0 aliphatic carbocycles. The lowest BCUT2D eigenvalue weighted by Gasteiger charge is -2.32. The maximum Gasteiger partial charge on any atom is 0.335 e. The monoisotopic (exact) mass is 337 g/mol. The van der Waals surface area contributed by atoms with Gasteiger partial charge in [-0.05, 0) is 71.5 Å². The zero-order valence-corrected chi connectivity index (χ0v) is 13.8. The van der Waals surface area contributed by atoms with Gasteiger partial charge in [-0.2, -0.15) is 0 Å². The zero-order valence-electron chi connectivity index (χ0n) is 13.8. The molecule has 1 aliphatic heterocycles. The third-order valence-corrected chi connectivity index (χ3v) is 4.98. The smallest absolute Gasteiger partial charge is 0.335 e. The highest BCUT2D eigenvalue weighted by Crippen LogP contribution is 2.29. The van der Waals surface area contributed by atoms with Crippen molar-refractivity contribution >= 4 is 17.0 Å². The minimum Gasteiger partial charge on any atom is -0.478 e. The first kappa shape index (κ1) is 15.8. The van der Waals surface area contributed by atoms with E-state index in [-0.39, 0.29) is 0 Å². The molecule has 6 heteroatoms. The summed E-state index contributed by atoms with van der Waals surface area (Å²) < 4.78 is 4.84. The van der Waals surface area contributed by atoms with E-state index in [9.17, 15) is 4.79 Å². The summed E-state index contributed by atoms with van der Waals surface area (Å²) in [5.41, 5.74) is 4.35. The fourth-order valence-corrected chi connectivity index (χ4v) is 3.55. The minimum absolute atomic E-state index is 0.343. The first-order valence-corrected chi connectivity index (χ1v) is 8.46. The number of carboxylic acids is 1. The van der Waals surface area contributed by atoms with E-state index in [1.165, 1.54) is 5.56 Å². The summed E-state index contributed by atoms with van der Waals surface area (Å²) in [5.74, 6) is -0.388. The van der Waals surface area contributed by atoms with Gasteiger partial charge in [0, 0.05) is 6.54 Å². The molecule has 0 spiro atoms. The summed E-state index contributed by atoms with van der Waals surface area (Å²) in [6.07, 6.45) is 2.14. The minimum atomic E-state index is -0.877. The number of fused-ring (bicyclic) bond motifs is 1. The lowest BCUT2D eigenvalue weighted by atomic mass is 9.89. The molecule has 0 unspecified atom stereocenters. The summed E-state index contributed by atoms with van der Waals surface area (Å²) in [5, 5.41) is 16.9. The second-order valence-corrected chi connectivity index (χ2v) is 6.53. The van der Waals surface area contributed by atoms with Gasteiger partial charge in [0.1, 0.15) is 11.0 Å². The third-order valence-electron chi connectivity index (χ3n) is 4.98. The molecule has 1 aromatic heterocycles. The number of hydrogen-bond donors (Lipinski definition) is 1. The van der Waals surface area contributed by atoms with E-state index >= 15 is 0 Å². The van der Waals surface area contributed by atoms with E-state index < -0.39 is 5.97 Å². The van der Waals surface area contributed by atoms with Crippen LogP contribution in [0.15, 0.2) is 47.1 Å². The molecule has 0 radical (unpaired) electrons. The quantitative estimate of drug-likeness (QED) is 0.787. The van der Waals surface area contributed by atoms with Crippen LogP contribution in [0.3, 0.4) is 0 Å². The molecule has 128 valence electrons. The van der Waals surface area contributed by atoms with Crippen molar-refractivity contribution in [1.82, 2.24) is 15.2 Å². The first-order valence-electron chi connectivity index (χ1n) is 8.46. The molecule has 4 rings (SSSR count). The van der Waals surface area contributed by atoms with Gasteiger partial charge in [-0.15, -0.1) is 0 Å². The lowest BCUT2D eigenvalue weighted by molar-refractivity contribution is 0.0697. The van der Waals surface area contributed by atoms with Crippen molar-refractivity contribution in [3.05, 3.63) is 59.2 Å². The maximum absolute atomic E-state index is 11.0. The Morgan fingerprint density at radius 1 is 1.12 bits per heavy atom. The van der Waals surface area contributed by atoms with E-state index in [1.54, 1.807) is 12.1 Å². The van der Waals surface area contributed by atoms with Crippen LogP contribution in [0.5, 0.6) is 0 Å². The zero-order chi connectivity index (χ0) is 17.2. The van der Waals surface area contributed by atoms with Gasteiger partial charge in [0.15, 0.2) is 0 Å². The number of benzene rings is 2. The van der Waals surface area contributed by atoms with Crippen molar-refractivity contribution < 1.29 is 14.5 Å². The number of rotatable bonds is 4. The van der Waals surface area contributed by atoms with E-state index in [1.807, 2.05) is 24.3 Å². The molecule has 1 fully saturated rings. The van der Waals surface area contributed by atoms with Crippen LogP contribution in [-0.4, -0.2) is 39.4 Å². The largest absolute Gasteiger partial charge is 0.478 e. The van der Waals surface area contributed by atoms with Gasteiger partial charge in [0.2, 0.25) is 0 Å². The SMILES string of the molecule is O=C(O)c1ccc(C2CCN(Cc3cccc4nonc34)CC2)cc1. The van der Waals surface area contributed by atoms with Crippen LogP contribution in [-0.2, 0) is 6.54 Å². The fourth-order valence-electron chi connectivity index (χ4n) is 3.55. The summed E-state index contributed by atoms with van der Waals surface area (Å²) in [4.78, 5) is 13.4. The van der Waals surface area contributed by atoms with Crippen molar-refractivity contribution in [1.29, 1.82) is 0 Å². The van der Waals surface area contributed by atoms with Gasteiger partial charge in [0.05, 0.1) is 5.56 Å². The molecule has 25 heavy (non-hydrogen) atoms. The van der Waals surface area contributed by atoms with E-state index in [2.05, 4.69) is 21.3 Å². The molecule has 3 aromatic rings. The molecule has 1 aliphatic rings. The third kappa shape index (κ3) is 3.25. The highest BCUT2D eigenvalue weighted by Gasteiger charge is 2.21. The van der Waals surface area contributed by atoms with Crippen molar-refractivity contribution in [3.63, 3.8) is 0 Å². The molecule has 1 N–H and O–H groups in total. The summed E-state index contributed by atoms with van der Waals surface area (Å²) in [6, 6.07) is 13.3. The Balaban J connectivity index is 1.40. The summed E-state index contributed by atoms with van der Waals surface area (Å²) >= 11 is 0. The van der Waals surface area contributed by atoms with Crippen LogP contribution >= 0.6 is 0 Å². The van der Waals surface area contributed by atoms with Crippen LogP contribution in [0, 0.1) is 0 Å². The van der Waals surface area contributed by atoms with Gasteiger partial charge in [-0.25, -0.2) is 9.42 Å². The van der Waals surface area contributed by atoms with Crippen LogP contribution in [0.1, 0.15) is 40.2 Å². The van der Waals surface area contributed by atoms with Crippen LogP contribution in [0.25, 0.3) is 11.0 Å². The van der Waals surface area contributed by atoms with Crippen molar-refractivity contribution in [2.24, 2.45) is 0 Å². The average molecular weight is 337 g/mol. The Bertz CT molecular complexity index is 880. The molecule has 0 amide bonds. The van der Waals surface area contributed by atoms with E-state index in [0.717, 1.165) is 49.1 Å². The number of likely N-dealkylation sites (tertiary alicyclic amines) is 1. The highest BCUT2D eigenvalue weighted by molar-refractivity contribution is 5.87. The molecule has 0 saturated carbocycles. The molecule has 6 nitrogen and oxygen atoms in total. The second kappa shape index (κ2) is 6.64. The van der Waals surface area contributed by atoms with Crippen molar-refractivity contribution in [2.45, 2.75) is 25.3 Å². The number of carboxylic acid groups (broad SMARTS) is 1. The van der Waals surface area contributed by atoms with Gasteiger partial charge in [-0.3, -0.25) is 4.90 Å². The van der Waals surface area contributed by atoms with Crippen LogP contribution < -0.4 is 0 Å². The number of aromatic nitrogens is 2. The molecular weight excluding hydrogens is 318 g/mol.